The Morgan fingerprint density at radius 2 is 1.75 bits per heavy atom. The van der Waals surface area contributed by atoms with Crippen LogP contribution in [0.25, 0.3) is 0 Å². The van der Waals surface area contributed by atoms with E-state index < -0.39 is 4.92 Å². The number of hydrogen-bond donors (Lipinski definition) is 1. The molecule has 0 aliphatic carbocycles. The highest BCUT2D eigenvalue weighted by Crippen LogP contribution is 2.02. The number of ether oxygens (including phenoxy) is 2. The summed E-state index contributed by atoms with van der Waals surface area (Å²) in [7, 11) is 3.05. The molecular weight excluding hydrogens is 272 g/mol. The van der Waals surface area contributed by atoms with Crippen LogP contribution in [0.4, 0.5) is 11.6 Å². The van der Waals surface area contributed by atoms with Gasteiger partial charge in [0.05, 0.1) is 11.4 Å². The number of nitrogens with zero attached hydrogens (tertiary/aromatic N) is 7. The molecule has 0 aromatic carbocycles. The predicted molar refractivity (Wildman–Crippen MR) is 65.1 cm³/mol. The summed E-state index contributed by atoms with van der Waals surface area (Å²) in [5, 5.41) is 23.9. The zero-order chi connectivity index (χ0) is 15.0. The van der Waals surface area contributed by atoms with Gasteiger partial charge in [0.25, 0.3) is 0 Å². The fourth-order valence-electron chi connectivity index (χ4n) is 1.08. The van der Waals surface area contributed by atoms with E-state index in [1.54, 1.807) is 13.3 Å². The van der Waals surface area contributed by atoms with Crippen molar-refractivity contribution in [3.05, 3.63) is 22.5 Å². The molecule has 0 unspecified atom stereocenters. The highest BCUT2D eigenvalue weighted by molar-refractivity contribution is 5.19. The maximum atomic E-state index is 10.1. The van der Waals surface area contributed by atoms with E-state index in [0.29, 0.717) is 12.5 Å². The topological polar surface area (TPSA) is 149 Å². The Bertz CT molecular complexity index is 538. The van der Waals surface area contributed by atoms with Crippen LogP contribution in [0.3, 0.4) is 0 Å². The third-order valence-corrected chi connectivity index (χ3v) is 1.79. The standard InChI is InChI=1S/C4H6N4O3.C4H8N4O/c1-11-3-7-2-4(5-6-7)8(9)10;1-9-3-8-2-4(5)6-7-8/h2H,3H2,1H3;2H,3,5H2,1H3. The average Bonchev–Trinajstić information content (AvgIpc) is 3.01. The van der Waals surface area contributed by atoms with Gasteiger partial charge in [-0.1, -0.05) is 5.21 Å². The summed E-state index contributed by atoms with van der Waals surface area (Å²) >= 11 is 0. The second kappa shape index (κ2) is 7.75. The fourth-order valence-corrected chi connectivity index (χ4v) is 1.08. The zero-order valence-electron chi connectivity index (χ0n) is 10.9. The Morgan fingerprint density at radius 3 is 2.15 bits per heavy atom. The summed E-state index contributed by atoms with van der Waals surface area (Å²) in [4.78, 5) is 9.46. The number of aromatic nitrogens is 6. The summed E-state index contributed by atoms with van der Waals surface area (Å²) in [6, 6.07) is 0. The molecule has 0 aliphatic rings. The van der Waals surface area contributed by atoms with Gasteiger partial charge in [-0.05, 0) is 4.92 Å². The van der Waals surface area contributed by atoms with Crippen LogP contribution in [-0.2, 0) is 22.9 Å². The summed E-state index contributed by atoms with van der Waals surface area (Å²) in [5.74, 6) is 0.133. The molecule has 20 heavy (non-hydrogen) atoms. The van der Waals surface area contributed by atoms with Crippen molar-refractivity contribution in [1.82, 2.24) is 30.0 Å². The maximum absolute atomic E-state index is 10.1. The summed E-state index contributed by atoms with van der Waals surface area (Å²) < 4.78 is 12.1. The van der Waals surface area contributed by atoms with Crippen LogP contribution < -0.4 is 5.73 Å². The van der Waals surface area contributed by atoms with Gasteiger partial charge in [0.1, 0.15) is 24.8 Å². The third kappa shape index (κ3) is 4.95. The first kappa shape index (κ1) is 15.5. The molecule has 2 rings (SSSR count). The van der Waals surface area contributed by atoms with E-state index in [4.69, 9.17) is 10.5 Å². The molecule has 0 bridgehead atoms. The van der Waals surface area contributed by atoms with Gasteiger partial charge in [-0.25, -0.2) is 4.68 Å². The van der Waals surface area contributed by atoms with Gasteiger partial charge in [-0.2, -0.15) is 4.68 Å². The molecule has 0 aliphatic heterocycles. The quantitative estimate of drug-likeness (QED) is 0.553. The lowest BCUT2D eigenvalue weighted by Crippen LogP contribution is -1.99. The molecule has 2 aromatic heterocycles. The summed E-state index contributed by atoms with van der Waals surface area (Å²) in [5.41, 5.74) is 5.26. The number of methoxy groups -OCH3 is 2. The van der Waals surface area contributed by atoms with E-state index in [9.17, 15) is 10.1 Å². The summed E-state index contributed by atoms with van der Waals surface area (Å²) in [6.07, 6.45) is 2.80. The van der Waals surface area contributed by atoms with Crippen molar-refractivity contribution in [2.75, 3.05) is 20.0 Å². The lowest BCUT2D eigenvalue weighted by Gasteiger charge is -1.92. The number of nitrogen functional groups attached to an aromatic ring is 1. The first-order valence-corrected chi connectivity index (χ1v) is 5.24. The number of hydrogen-bond acceptors (Lipinski definition) is 9. The second-order valence-electron chi connectivity index (χ2n) is 3.39. The lowest BCUT2D eigenvalue weighted by atomic mass is 10.8. The van der Waals surface area contributed by atoms with Crippen molar-refractivity contribution >= 4 is 11.6 Å². The maximum Gasteiger partial charge on any atom is 0.410 e. The predicted octanol–water partition coefficient (Wildman–Crippen LogP) is -0.746. The Kier molecular flexibility index (Phi) is 5.99. The first-order chi connectivity index (χ1) is 9.56. The number of anilines is 1. The molecule has 12 heteroatoms. The van der Waals surface area contributed by atoms with Crippen molar-refractivity contribution in [3.63, 3.8) is 0 Å². The van der Waals surface area contributed by atoms with Crippen molar-refractivity contribution in [3.8, 4) is 0 Å². The minimum atomic E-state index is -0.612. The highest BCUT2D eigenvalue weighted by atomic mass is 16.6. The van der Waals surface area contributed by atoms with Gasteiger partial charge in [-0.3, -0.25) is 0 Å². The zero-order valence-corrected chi connectivity index (χ0v) is 10.9. The number of nitrogens with two attached hydrogens (primary N) is 1. The molecule has 0 atom stereocenters. The lowest BCUT2D eigenvalue weighted by molar-refractivity contribution is -0.389. The van der Waals surface area contributed by atoms with E-state index in [-0.39, 0.29) is 12.5 Å². The Balaban J connectivity index is 0.000000204. The van der Waals surface area contributed by atoms with Gasteiger partial charge < -0.3 is 25.3 Å². The molecule has 2 N–H and O–H groups in total. The summed E-state index contributed by atoms with van der Waals surface area (Å²) in [6.45, 7) is 0.561. The van der Waals surface area contributed by atoms with Crippen molar-refractivity contribution in [1.29, 1.82) is 0 Å². The number of nitro groups is 1. The van der Waals surface area contributed by atoms with Crippen LogP contribution in [0.2, 0.25) is 0 Å². The van der Waals surface area contributed by atoms with Crippen LogP contribution in [0.15, 0.2) is 12.4 Å². The minimum Gasteiger partial charge on any atom is -0.381 e. The van der Waals surface area contributed by atoms with Crippen LogP contribution in [-0.4, -0.2) is 49.1 Å². The molecule has 0 spiro atoms. The minimum absolute atomic E-state index is 0.167. The molecule has 0 saturated carbocycles. The van der Waals surface area contributed by atoms with Crippen molar-refractivity contribution < 1.29 is 14.4 Å². The monoisotopic (exact) mass is 286 g/mol. The van der Waals surface area contributed by atoms with Crippen LogP contribution in [0.1, 0.15) is 0 Å². The van der Waals surface area contributed by atoms with Gasteiger partial charge in [0.2, 0.25) is 0 Å². The van der Waals surface area contributed by atoms with Gasteiger partial charge in [-0.15, -0.1) is 5.10 Å². The smallest absolute Gasteiger partial charge is 0.381 e. The third-order valence-electron chi connectivity index (χ3n) is 1.79. The van der Waals surface area contributed by atoms with Gasteiger partial charge in [0.15, 0.2) is 5.82 Å². The molecule has 0 radical (unpaired) electrons. The number of rotatable bonds is 5. The van der Waals surface area contributed by atoms with Crippen LogP contribution in [0, 0.1) is 10.1 Å². The Morgan fingerprint density at radius 1 is 1.20 bits per heavy atom. The van der Waals surface area contributed by atoms with Crippen LogP contribution >= 0.6 is 0 Å². The van der Waals surface area contributed by atoms with E-state index in [2.05, 4.69) is 25.4 Å². The fraction of sp³-hybridized carbons (Fsp3) is 0.500. The first-order valence-electron chi connectivity index (χ1n) is 5.24. The molecular formula is C8H14N8O4. The highest BCUT2D eigenvalue weighted by Gasteiger charge is 2.10. The Hall–Kier alpha value is -2.60. The average molecular weight is 286 g/mol. The Labute approximate surface area is 113 Å². The molecule has 12 nitrogen and oxygen atoms in total. The van der Waals surface area contributed by atoms with E-state index in [1.165, 1.54) is 22.7 Å². The SMILES string of the molecule is COCn1cc(N)nn1.COCn1cc([N+](=O)[O-])nn1. The van der Waals surface area contributed by atoms with Gasteiger partial charge in [0, 0.05) is 14.2 Å². The second-order valence-corrected chi connectivity index (χ2v) is 3.39. The molecule has 0 amide bonds. The largest absolute Gasteiger partial charge is 0.410 e. The molecule has 0 fully saturated rings. The molecule has 2 heterocycles. The normalized spacial score (nSPS) is 9.90. The van der Waals surface area contributed by atoms with Crippen molar-refractivity contribution in [2.24, 2.45) is 0 Å². The molecule has 0 saturated heterocycles. The van der Waals surface area contributed by atoms with Crippen LogP contribution in [0.5, 0.6) is 0 Å². The molecule has 2 aromatic rings. The van der Waals surface area contributed by atoms with E-state index >= 15 is 0 Å². The van der Waals surface area contributed by atoms with Gasteiger partial charge >= 0.3 is 5.82 Å². The van der Waals surface area contributed by atoms with E-state index in [0.717, 1.165) is 0 Å². The molecule has 110 valence electrons. The van der Waals surface area contributed by atoms with Crippen molar-refractivity contribution in [2.45, 2.75) is 13.5 Å². The van der Waals surface area contributed by atoms with E-state index in [1.807, 2.05) is 0 Å².